The summed E-state index contributed by atoms with van der Waals surface area (Å²) in [6.45, 7) is 0. The number of fused-ring (bicyclic) bond motifs is 1. The van der Waals surface area contributed by atoms with Crippen LogP contribution in [0, 0.1) is 0 Å². The predicted molar refractivity (Wildman–Crippen MR) is 53.6 cm³/mol. The van der Waals surface area contributed by atoms with Gasteiger partial charge in [-0.15, -0.1) is 0 Å². The van der Waals surface area contributed by atoms with E-state index in [9.17, 15) is 4.79 Å². The van der Waals surface area contributed by atoms with Gasteiger partial charge in [-0.05, 0) is 23.4 Å². The molecule has 0 radical (unpaired) electrons. The Labute approximate surface area is 82.1 Å². The zero-order valence-corrected chi connectivity index (χ0v) is 7.60. The molecule has 0 saturated carbocycles. The lowest BCUT2D eigenvalue weighted by atomic mass is 9.96. The van der Waals surface area contributed by atoms with Crippen molar-refractivity contribution >= 4 is 12.0 Å². The van der Waals surface area contributed by atoms with Crippen molar-refractivity contribution in [3.8, 4) is 0 Å². The van der Waals surface area contributed by atoms with Gasteiger partial charge in [-0.1, -0.05) is 24.3 Å². The number of hydrogen-bond donors (Lipinski definition) is 2. The van der Waals surface area contributed by atoms with E-state index in [1.807, 2.05) is 30.3 Å². The molecule has 0 saturated heterocycles. The minimum atomic E-state index is -0.785. The van der Waals surface area contributed by atoms with Crippen molar-refractivity contribution in [3.63, 3.8) is 0 Å². The zero-order valence-electron chi connectivity index (χ0n) is 7.60. The summed E-state index contributed by atoms with van der Waals surface area (Å²) >= 11 is 0. The van der Waals surface area contributed by atoms with Gasteiger partial charge in [0.15, 0.2) is 0 Å². The van der Waals surface area contributed by atoms with Gasteiger partial charge in [0.1, 0.15) is 0 Å². The first kappa shape index (κ1) is 8.81. The summed E-state index contributed by atoms with van der Waals surface area (Å²) in [5.74, 6) is -0.785. The smallest absolute Gasteiger partial charge is 0.305 e. The largest absolute Gasteiger partial charge is 0.481 e. The van der Waals surface area contributed by atoms with Gasteiger partial charge in [-0.3, -0.25) is 4.79 Å². The van der Waals surface area contributed by atoms with Crippen LogP contribution < -0.4 is 5.32 Å². The number of rotatable bonds is 2. The van der Waals surface area contributed by atoms with Crippen molar-refractivity contribution in [1.29, 1.82) is 0 Å². The maximum atomic E-state index is 10.6. The summed E-state index contributed by atoms with van der Waals surface area (Å²) in [5, 5.41) is 11.8. The first-order valence-electron chi connectivity index (χ1n) is 4.50. The number of aliphatic carboxylic acids is 1. The van der Waals surface area contributed by atoms with E-state index in [0.29, 0.717) is 0 Å². The third kappa shape index (κ3) is 1.62. The predicted octanol–water partition coefficient (Wildman–Crippen LogP) is 1.78. The van der Waals surface area contributed by atoms with Crippen molar-refractivity contribution in [2.45, 2.75) is 12.5 Å². The highest BCUT2D eigenvalue weighted by atomic mass is 16.4. The Hall–Kier alpha value is -1.77. The molecular weight excluding hydrogens is 178 g/mol. The number of nitrogens with one attached hydrogen (secondary N) is 1. The highest BCUT2D eigenvalue weighted by Crippen LogP contribution is 2.25. The van der Waals surface area contributed by atoms with Gasteiger partial charge in [-0.2, -0.15) is 0 Å². The second-order valence-electron chi connectivity index (χ2n) is 3.28. The molecule has 0 aliphatic carbocycles. The van der Waals surface area contributed by atoms with E-state index in [0.717, 1.165) is 11.1 Å². The van der Waals surface area contributed by atoms with Crippen molar-refractivity contribution in [2.24, 2.45) is 0 Å². The van der Waals surface area contributed by atoms with Crippen LogP contribution in [0.15, 0.2) is 30.5 Å². The lowest BCUT2D eigenvalue weighted by Crippen LogP contribution is -2.22. The van der Waals surface area contributed by atoms with Crippen molar-refractivity contribution in [1.82, 2.24) is 5.32 Å². The molecule has 2 N–H and O–H groups in total. The van der Waals surface area contributed by atoms with Crippen molar-refractivity contribution in [2.75, 3.05) is 0 Å². The van der Waals surface area contributed by atoms with Gasteiger partial charge < -0.3 is 10.4 Å². The topological polar surface area (TPSA) is 49.3 Å². The molecule has 0 spiro atoms. The van der Waals surface area contributed by atoms with Crippen LogP contribution in [0.4, 0.5) is 0 Å². The van der Waals surface area contributed by atoms with E-state index in [4.69, 9.17) is 5.11 Å². The minimum absolute atomic E-state index is 0.103. The van der Waals surface area contributed by atoms with Crippen LogP contribution in [-0.2, 0) is 4.79 Å². The van der Waals surface area contributed by atoms with E-state index in [-0.39, 0.29) is 12.5 Å². The Bertz CT molecular complexity index is 385. The molecule has 0 bridgehead atoms. The van der Waals surface area contributed by atoms with Gasteiger partial charge in [0.05, 0.1) is 12.5 Å². The molecule has 1 aromatic carbocycles. The van der Waals surface area contributed by atoms with Crippen LogP contribution in [0.5, 0.6) is 0 Å². The molecular formula is C11H11NO2. The van der Waals surface area contributed by atoms with Gasteiger partial charge in [0, 0.05) is 0 Å². The second-order valence-corrected chi connectivity index (χ2v) is 3.28. The van der Waals surface area contributed by atoms with E-state index in [1.54, 1.807) is 6.20 Å². The molecule has 1 unspecified atom stereocenters. The Balaban J connectivity index is 2.31. The Morgan fingerprint density at radius 1 is 1.43 bits per heavy atom. The Kier molecular flexibility index (Phi) is 2.23. The fraction of sp³-hybridized carbons (Fsp3) is 0.182. The molecule has 3 heteroatoms. The molecule has 14 heavy (non-hydrogen) atoms. The van der Waals surface area contributed by atoms with E-state index >= 15 is 0 Å². The van der Waals surface area contributed by atoms with Crippen molar-refractivity contribution < 1.29 is 9.90 Å². The average Bonchev–Trinajstić information content (AvgIpc) is 2.18. The molecule has 0 fully saturated rings. The van der Waals surface area contributed by atoms with E-state index in [1.165, 1.54) is 0 Å². The molecule has 3 nitrogen and oxygen atoms in total. The quantitative estimate of drug-likeness (QED) is 0.745. The lowest BCUT2D eigenvalue weighted by Gasteiger charge is -2.21. The van der Waals surface area contributed by atoms with Crippen LogP contribution >= 0.6 is 0 Å². The third-order valence-electron chi connectivity index (χ3n) is 2.31. The summed E-state index contributed by atoms with van der Waals surface area (Å²) in [7, 11) is 0. The number of carboxylic acids is 1. The second kappa shape index (κ2) is 3.54. The molecule has 1 atom stereocenters. The number of hydrogen-bond acceptors (Lipinski definition) is 2. The van der Waals surface area contributed by atoms with E-state index in [2.05, 4.69) is 5.32 Å². The molecule has 2 rings (SSSR count). The summed E-state index contributed by atoms with van der Waals surface area (Å²) in [6.07, 6.45) is 3.87. The van der Waals surface area contributed by atoms with Crippen molar-refractivity contribution in [3.05, 3.63) is 41.6 Å². The SMILES string of the molecule is O=C(O)CC1NC=Cc2ccccc21. The first-order chi connectivity index (χ1) is 6.77. The van der Waals surface area contributed by atoms with Crippen LogP contribution in [0.2, 0.25) is 0 Å². The standard InChI is InChI=1S/C11H11NO2/c13-11(14)7-10-9-4-2-1-3-8(9)5-6-12-10/h1-6,10,12H,7H2,(H,13,14). The van der Waals surface area contributed by atoms with Crippen LogP contribution in [0.1, 0.15) is 23.6 Å². The first-order valence-corrected chi connectivity index (χ1v) is 4.50. The number of carboxylic acid groups (broad SMARTS) is 1. The highest BCUT2D eigenvalue weighted by Gasteiger charge is 2.18. The summed E-state index contributed by atoms with van der Waals surface area (Å²) < 4.78 is 0. The Morgan fingerprint density at radius 2 is 2.21 bits per heavy atom. The molecule has 72 valence electrons. The number of benzene rings is 1. The van der Waals surface area contributed by atoms with Gasteiger partial charge in [-0.25, -0.2) is 0 Å². The molecule has 1 heterocycles. The van der Waals surface area contributed by atoms with Crippen LogP contribution in [0.25, 0.3) is 6.08 Å². The normalized spacial score (nSPS) is 18.4. The molecule has 1 aliphatic heterocycles. The van der Waals surface area contributed by atoms with Crippen LogP contribution in [-0.4, -0.2) is 11.1 Å². The molecule has 1 aliphatic rings. The average molecular weight is 189 g/mol. The summed E-state index contributed by atoms with van der Waals surface area (Å²) in [6, 6.07) is 7.72. The highest BCUT2D eigenvalue weighted by molar-refractivity contribution is 5.69. The fourth-order valence-corrected chi connectivity index (χ4v) is 1.67. The van der Waals surface area contributed by atoms with Crippen LogP contribution in [0.3, 0.4) is 0 Å². The minimum Gasteiger partial charge on any atom is -0.481 e. The lowest BCUT2D eigenvalue weighted by molar-refractivity contribution is -0.137. The van der Waals surface area contributed by atoms with Gasteiger partial charge in [0.25, 0.3) is 0 Å². The Morgan fingerprint density at radius 3 is 3.00 bits per heavy atom. The summed E-state index contributed by atoms with van der Waals surface area (Å²) in [4.78, 5) is 10.6. The van der Waals surface area contributed by atoms with Gasteiger partial charge in [0.2, 0.25) is 0 Å². The maximum absolute atomic E-state index is 10.6. The number of carbonyl (C=O) groups is 1. The molecule has 0 aromatic heterocycles. The third-order valence-corrected chi connectivity index (χ3v) is 2.31. The molecule has 0 amide bonds. The monoisotopic (exact) mass is 189 g/mol. The fourth-order valence-electron chi connectivity index (χ4n) is 1.67. The molecule has 1 aromatic rings. The zero-order chi connectivity index (χ0) is 9.97. The van der Waals surface area contributed by atoms with E-state index < -0.39 is 5.97 Å². The summed E-state index contributed by atoms with van der Waals surface area (Å²) in [5.41, 5.74) is 2.15. The maximum Gasteiger partial charge on any atom is 0.305 e. The van der Waals surface area contributed by atoms with Gasteiger partial charge >= 0.3 is 5.97 Å².